The summed E-state index contributed by atoms with van der Waals surface area (Å²) >= 11 is 0. The van der Waals surface area contributed by atoms with Gasteiger partial charge in [-0.25, -0.2) is 0 Å². The molecule has 0 N–H and O–H groups in total. The SMILES string of the molecule is C/C(=C\c1ccccc1C)C1CC(C2=Cc3ccccc3CC2)=c2ccc3c4c(ccc1c24)=C(c1ccc(C)cc1)CC3C1=Cc2ccccc2C1. The lowest BCUT2D eigenvalue weighted by Gasteiger charge is -2.33. The van der Waals surface area contributed by atoms with E-state index in [0.717, 1.165) is 32.1 Å². The van der Waals surface area contributed by atoms with Crippen molar-refractivity contribution >= 4 is 40.1 Å². The van der Waals surface area contributed by atoms with Gasteiger partial charge in [-0.1, -0.05) is 156 Å². The number of hydrogen-bond acceptors (Lipinski definition) is 0. The fourth-order valence-corrected chi connectivity index (χ4v) is 9.84. The van der Waals surface area contributed by atoms with Gasteiger partial charge in [-0.05, 0) is 141 Å². The van der Waals surface area contributed by atoms with Gasteiger partial charge in [0.2, 0.25) is 0 Å². The van der Waals surface area contributed by atoms with Crippen LogP contribution in [0.4, 0.5) is 0 Å². The molecule has 52 heavy (non-hydrogen) atoms. The first-order chi connectivity index (χ1) is 25.5. The minimum Gasteiger partial charge on any atom is -0.0649 e. The van der Waals surface area contributed by atoms with Crippen LogP contribution in [0.2, 0.25) is 0 Å². The van der Waals surface area contributed by atoms with Crippen LogP contribution in [0.1, 0.15) is 93.7 Å². The van der Waals surface area contributed by atoms with Crippen molar-refractivity contribution in [2.24, 2.45) is 0 Å². The van der Waals surface area contributed by atoms with E-state index in [1.807, 2.05) is 0 Å². The molecule has 2 unspecified atom stereocenters. The van der Waals surface area contributed by atoms with Crippen LogP contribution in [0.25, 0.3) is 40.1 Å². The average Bonchev–Trinajstić information content (AvgIpc) is 3.62. The molecule has 0 heterocycles. The summed E-state index contributed by atoms with van der Waals surface area (Å²) in [5, 5.41) is 5.86. The normalized spacial score (nSPS) is 18.9. The minimum atomic E-state index is 0.308. The van der Waals surface area contributed by atoms with Gasteiger partial charge in [-0.2, -0.15) is 0 Å². The Balaban J connectivity index is 1.27. The van der Waals surface area contributed by atoms with E-state index in [2.05, 4.69) is 160 Å². The molecule has 2 atom stereocenters. The standard InChI is InChI=1S/C52H44/c1-32-16-18-36(19-17-32)48-31-50(42-28-39-14-8-9-15-40(39)29-42)46-25-24-45-49(41-21-20-35-11-6-7-13-38(35)27-41)30-47(43-22-23-44(48)52(46)51(43)45)34(3)26-37-12-5-4-10-33(37)2/h4-19,22-28,47,50H,20-21,29-31H2,1-3H3/b34-26+. The molecule has 0 amide bonds. The molecule has 0 nitrogen and oxygen atoms in total. The minimum absolute atomic E-state index is 0.308. The van der Waals surface area contributed by atoms with E-state index in [0.29, 0.717) is 11.8 Å². The second-order valence-corrected chi connectivity index (χ2v) is 15.7. The molecule has 10 rings (SSSR count). The first-order valence-electron chi connectivity index (χ1n) is 19.2. The molecule has 4 aliphatic rings. The van der Waals surface area contributed by atoms with Gasteiger partial charge in [-0.3, -0.25) is 0 Å². The van der Waals surface area contributed by atoms with Crippen LogP contribution in [0.5, 0.6) is 0 Å². The molecule has 0 fully saturated rings. The molecule has 0 aromatic heterocycles. The number of rotatable bonds is 5. The number of aryl methyl sites for hydroxylation is 3. The van der Waals surface area contributed by atoms with E-state index in [1.165, 1.54) is 93.6 Å². The highest BCUT2D eigenvalue weighted by Crippen LogP contribution is 2.47. The van der Waals surface area contributed by atoms with Gasteiger partial charge >= 0.3 is 0 Å². The number of fused-ring (bicyclic) bond motifs is 2. The van der Waals surface area contributed by atoms with Crippen LogP contribution in [0.3, 0.4) is 0 Å². The lowest BCUT2D eigenvalue weighted by molar-refractivity contribution is 0.791. The summed E-state index contributed by atoms with van der Waals surface area (Å²) in [6.07, 6.45) is 12.8. The van der Waals surface area contributed by atoms with Gasteiger partial charge in [0.1, 0.15) is 0 Å². The highest BCUT2D eigenvalue weighted by molar-refractivity contribution is 5.99. The molecule has 6 aromatic carbocycles. The Kier molecular flexibility index (Phi) is 7.43. The lowest BCUT2D eigenvalue weighted by atomic mass is 9.70. The van der Waals surface area contributed by atoms with Crippen molar-refractivity contribution in [3.8, 4) is 0 Å². The van der Waals surface area contributed by atoms with Crippen LogP contribution < -0.4 is 10.4 Å². The maximum absolute atomic E-state index is 2.53. The molecule has 0 bridgehead atoms. The summed E-state index contributed by atoms with van der Waals surface area (Å²) in [6, 6.07) is 46.2. The van der Waals surface area contributed by atoms with Gasteiger partial charge in [0.15, 0.2) is 0 Å². The molecular formula is C52H44. The van der Waals surface area contributed by atoms with Crippen molar-refractivity contribution < 1.29 is 0 Å². The largest absolute Gasteiger partial charge is 0.0649 e. The van der Waals surface area contributed by atoms with Crippen molar-refractivity contribution in [3.63, 3.8) is 0 Å². The molecule has 6 aromatic rings. The van der Waals surface area contributed by atoms with Gasteiger partial charge in [0, 0.05) is 11.8 Å². The van der Waals surface area contributed by atoms with E-state index in [9.17, 15) is 0 Å². The van der Waals surface area contributed by atoms with Crippen molar-refractivity contribution in [2.75, 3.05) is 0 Å². The molecule has 0 saturated heterocycles. The Bertz CT molecular complexity index is 2670. The Hall–Kier alpha value is -5.46. The summed E-state index contributed by atoms with van der Waals surface area (Å²) in [6.45, 7) is 6.82. The molecule has 0 saturated carbocycles. The zero-order valence-electron chi connectivity index (χ0n) is 30.5. The van der Waals surface area contributed by atoms with E-state index in [1.54, 1.807) is 11.1 Å². The van der Waals surface area contributed by atoms with E-state index in [4.69, 9.17) is 0 Å². The maximum Gasteiger partial charge on any atom is 0.0102 e. The summed E-state index contributed by atoms with van der Waals surface area (Å²) in [5.41, 5.74) is 21.6. The third-order valence-corrected chi connectivity index (χ3v) is 12.6. The number of benzene rings is 6. The molecule has 0 heteroatoms. The predicted molar refractivity (Wildman–Crippen MR) is 221 cm³/mol. The van der Waals surface area contributed by atoms with Crippen LogP contribution in [0, 0.1) is 13.8 Å². The van der Waals surface area contributed by atoms with Crippen LogP contribution in [-0.2, 0) is 12.8 Å². The molecule has 0 radical (unpaired) electrons. The van der Waals surface area contributed by atoms with Crippen LogP contribution in [0.15, 0.2) is 138 Å². The Morgan fingerprint density at radius 2 is 1.27 bits per heavy atom. The van der Waals surface area contributed by atoms with E-state index >= 15 is 0 Å². The zero-order valence-corrected chi connectivity index (χ0v) is 30.5. The summed E-state index contributed by atoms with van der Waals surface area (Å²) in [4.78, 5) is 0. The molecule has 252 valence electrons. The van der Waals surface area contributed by atoms with Crippen molar-refractivity contribution in [1.29, 1.82) is 0 Å². The first-order valence-corrected chi connectivity index (χ1v) is 19.2. The third kappa shape index (κ3) is 5.11. The lowest BCUT2D eigenvalue weighted by Crippen LogP contribution is -2.28. The van der Waals surface area contributed by atoms with Crippen LogP contribution >= 0.6 is 0 Å². The quantitative estimate of drug-likeness (QED) is 0.172. The van der Waals surface area contributed by atoms with E-state index < -0.39 is 0 Å². The second kappa shape index (κ2) is 12.3. The van der Waals surface area contributed by atoms with Gasteiger partial charge in [0.05, 0.1) is 0 Å². The maximum atomic E-state index is 2.53. The van der Waals surface area contributed by atoms with Gasteiger partial charge in [-0.15, -0.1) is 0 Å². The summed E-state index contributed by atoms with van der Waals surface area (Å²) in [5.74, 6) is 0.649. The van der Waals surface area contributed by atoms with Crippen LogP contribution in [-0.4, -0.2) is 0 Å². The molecule has 4 aliphatic carbocycles. The topological polar surface area (TPSA) is 0 Å². The molecule has 0 aliphatic heterocycles. The fourth-order valence-electron chi connectivity index (χ4n) is 9.84. The predicted octanol–water partition coefficient (Wildman–Crippen LogP) is 11.6. The summed E-state index contributed by atoms with van der Waals surface area (Å²) in [7, 11) is 0. The van der Waals surface area contributed by atoms with Crippen molar-refractivity contribution in [1.82, 2.24) is 0 Å². The highest BCUT2D eigenvalue weighted by atomic mass is 14.4. The van der Waals surface area contributed by atoms with Crippen molar-refractivity contribution in [3.05, 3.63) is 204 Å². The Morgan fingerprint density at radius 3 is 2.06 bits per heavy atom. The van der Waals surface area contributed by atoms with Gasteiger partial charge < -0.3 is 0 Å². The number of allylic oxidation sites excluding steroid dienone is 3. The Labute approximate surface area is 307 Å². The molecular weight excluding hydrogens is 625 g/mol. The first kappa shape index (κ1) is 31.3. The Morgan fingerprint density at radius 1 is 0.596 bits per heavy atom. The fraction of sp³-hybridized carbons (Fsp3) is 0.192. The number of hydrogen-bond donors (Lipinski definition) is 0. The monoisotopic (exact) mass is 668 g/mol. The van der Waals surface area contributed by atoms with E-state index in [-0.39, 0.29) is 0 Å². The average molecular weight is 669 g/mol. The highest BCUT2D eigenvalue weighted by Gasteiger charge is 2.33. The summed E-state index contributed by atoms with van der Waals surface area (Å²) < 4.78 is 0. The zero-order chi connectivity index (χ0) is 34.9. The van der Waals surface area contributed by atoms with Crippen molar-refractivity contribution in [2.45, 2.75) is 64.7 Å². The van der Waals surface area contributed by atoms with Gasteiger partial charge in [0.25, 0.3) is 0 Å². The smallest absolute Gasteiger partial charge is 0.0102 e. The third-order valence-electron chi connectivity index (χ3n) is 12.6. The second-order valence-electron chi connectivity index (χ2n) is 15.7. The molecule has 0 spiro atoms.